The van der Waals surface area contributed by atoms with E-state index < -0.39 is 0 Å². The monoisotopic (exact) mass is 324 g/mol. The summed E-state index contributed by atoms with van der Waals surface area (Å²) in [4.78, 5) is 4.62. The van der Waals surface area contributed by atoms with Crippen molar-refractivity contribution in [3.63, 3.8) is 0 Å². The minimum Gasteiger partial charge on any atom is -0.383 e. The highest BCUT2D eigenvalue weighted by Crippen LogP contribution is 2.03. The zero-order valence-electron chi connectivity index (χ0n) is 15.2. The lowest BCUT2D eigenvalue weighted by Crippen LogP contribution is -2.43. The van der Waals surface area contributed by atoms with E-state index >= 15 is 0 Å². The van der Waals surface area contributed by atoms with Crippen molar-refractivity contribution >= 4 is 5.96 Å². The van der Waals surface area contributed by atoms with Gasteiger partial charge in [0.1, 0.15) is 12.4 Å². The molecule has 1 aromatic heterocycles. The first-order valence-corrected chi connectivity index (χ1v) is 8.47. The highest BCUT2D eigenvalue weighted by Gasteiger charge is 2.07. The van der Waals surface area contributed by atoms with Crippen molar-refractivity contribution in [1.29, 1.82) is 0 Å². The summed E-state index contributed by atoms with van der Waals surface area (Å²) in [6, 6.07) is 0.386. The van der Waals surface area contributed by atoms with Gasteiger partial charge in [0.2, 0.25) is 0 Å². The Bertz CT molecular complexity index is 471. The number of aliphatic imine (C=N–C) groups is 1. The van der Waals surface area contributed by atoms with Crippen LogP contribution in [-0.2, 0) is 18.3 Å². The van der Waals surface area contributed by atoms with E-state index in [2.05, 4.69) is 39.7 Å². The predicted octanol–water partition coefficient (Wildman–Crippen LogP) is 1.77. The van der Waals surface area contributed by atoms with Gasteiger partial charge in [-0.2, -0.15) is 0 Å². The summed E-state index contributed by atoms with van der Waals surface area (Å²) in [5.74, 6) is 2.55. The van der Waals surface area contributed by atoms with E-state index in [-0.39, 0.29) is 0 Å². The summed E-state index contributed by atoms with van der Waals surface area (Å²) in [5, 5.41) is 15.0. The van der Waals surface area contributed by atoms with Crippen molar-refractivity contribution in [2.45, 2.75) is 59.0 Å². The number of hydrogen-bond donors (Lipinski definition) is 2. The van der Waals surface area contributed by atoms with E-state index in [4.69, 9.17) is 4.74 Å². The summed E-state index contributed by atoms with van der Waals surface area (Å²) in [6.45, 7) is 8.22. The fourth-order valence-corrected chi connectivity index (χ4v) is 2.17. The molecule has 0 saturated carbocycles. The van der Waals surface area contributed by atoms with Gasteiger partial charge in [0.25, 0.3) is 0 Å². The van der Waals surface area contributed by atoms with Gasteiger partial charge in [-0.3, -0.25) is 0 Å². The highest BCUT2D eigenvalue weighted by molar-refractivity contribution is 5.80. The Kier molecular flexibility index (Phi) is 9.28. The molecule has 0 radical (unpaired) electrons. The third-order valence-electron chi connectivity index (χ3n) is 3.78. The van der Waals surface area contributed by atoms with E-state index in [1.807, 2.05) is 18.5 Å². The van der Waals surface area contributed by atoms with Gasteiger partial charge in [-0.25, -0.2) is 4.99 Å². The Morgan fingerprint density at radius 1 is 1.35 bits per heavy atom. The maximum atomic E-state index is 5.09. The minimum absolute atomic E-state index is 0.386. The molecule has 1 aromatic rings. The third-order valence-corrected chi connectivity index (χ3v) is 3.78. The largest absolute Gasteiger partial charge is 0.383 e. The van der Waals surface area contributed by atoms with Crippen LogP contribution in [0.4, 0.5) is 0 Å². The van der Waals surface area contributed by atoms with Gasteiger partial charge >= 0.3 is 0 Å². The minimum atomic E-state index is 0.386. The Morgan fingerprint density at radius 2 is 2.13 bits per heavy atom. The lowest BCUT2D eigenvalue weighted by molar-refractivity contribution is 0.203. The van der Waals surface area contributed by atoms with Crippen LogP contribution in [0.3, 0.4) is 0 Å². The van der Waals surface area contributed by atoms with E-state index in [9.17, 15) is 0 Å². The molecule has 1 atom stereocenters. The summed E-state index contributed by atoms with van der Waals surface area (Å²) in [5.41, 5.74) is 0. The number of methoxy groups -OCH3 is 1. The quantitative estimate of drug-likeness (QED) is 0.390. The molecule has 0 aliphatic heterocycles. The van der Waals surface area contributed by atoms with Gasteiger partial charge in [0.15, 0.2) is 11.8 Å². The van der Waals surface area contributed by atoms with Crippen molar-refractivity contribution in [2.75, 3.05) is 20.3 Å². The SMILES string of the molecule is CCCCCC(C)NC(=NCc1nnc(C)n1C)NCCOC. The number of hydrogen-bond acceptors (Lipinski definition) is 4. The number of nitrogens with zero attached hydrogens (tertiary/aromatic N) is 4. The van der Waals surface area contributed by atoms with Crippen LogP contribution in [0.1, 0.15) is 51.2 Å². The highest BCUT2D eigenvalue weighted by atomic mass is 16.5. The van der Waals surface area contributed by atoms with E-state index in [0.29, 0.717) is 19.2 Å². The molecule has 132 valence electrons. The molecule has 7 nitrogen and oxygen atoms in total. The van der Waals surface area contributed by atoms with Gasteiger partial charge in [-0.05, 0) is 20.3 Å². The molecule has 0 bridgehead atoms. The predicted molar refractivity (Wildman–Crippen MR) is 93.5 cm³/mol. The van der Waals surface area contributed by atoms with E-state index in [1.54, 1.807) is 7.11 Å². The van der Waals surface area contributed by atoms with Crippen LogP contribution in [0.25, 0.3) is 0 Å². The first kappa shape index (κ1) is 19.4. The van der Waals surface area contributed by atoms with Crippen molar-refractivity contribution in [3.8, 4) is 0 Å². The molecule has 1 unspecified atom stereocenters. The van der Waals surface area contributed by atoms with Crippen LogP contribution in [0, 0.1) is 6.92 Å². The third kappa shape index (κ3) is 7.45. The van der Waals surface area contributed by atoms with Crippen molar-refractivity contribution < 1.29 is 4.74 Å². The molecule has 0 saturated heterocycles. The molecule has 0 fully saturated rings. The van der Waals surface area contributed by atoms with Crippen LogP contribution in [0.5, 0.6) is 0 Å². The molecule has 23 heavy (non-hydrogen) atoms. The normalized spacial score (nSPS) is 13.2. The Hall–Kier alpha value is -1.63. The summed E-state index contributed by atoms with van der Waals surface area (Å²) >= 11 is 0. The molecular weight excluding hydrogens is 292 g/mol. The standard InChI is InChI=1S/C16H32N6O/c1-6-7-8-9-13(2)19-16(17-10-11-23-5)18-12-15-21-20-14(3)22(15)4/h13H,6-12H2,1-5H3,(H2,17,18,19). The van der Waals surface area contributed by atoms with Gasteiger partial charge in [0.05, 0.1) is 6.61 Å². The van der Waals surface area contributed by atoms with Crippen LogP contribution in [-0.4, -0.2) is 47.0 Å². The zero-order valence-corrected chi connectivity index (χ0v) is 15.2. The maximum Gasteiger partial charge on any atom is 0.191 e. The molecule has 0 aliphatic carbocycles. The second-order valence-electron chi connectivity index (χ2n) is 5.85. The zero-order chi connectivity index (χ0) is 17.1. The second kappa shape index (κ2) is 11.0. The summed E-state index contributed by atoms with van der Waals surface area (Å²) in [6.07, 6.45) is 4.89. The van der Waals surface area contributed by atoms with Crippen molar-refractivity contribution in [2.24, 2.45) is 12.0 Å². The number of guanidine groups is 1. The van der Waals surface area contributed by atoms with Gasteiger partial charge in [0, 0.05) is 26.7 Å². The van der Waals surface area contributed by atoms with Crippen LogP contribution >= 0.6 is 0 Å². The lowest BCUT2D eigenvalue weighted by atomic mass is 10.1. The van der Waals surface area contributed by atoms with Gasteiger partial charge in [-0.15, -0.1) is 10.2 Å². The van der Waals surface area contributed by atoms with Crippen LogP contribution < -0.4 is 10.6 Å². The molecule has 1 heterocycles. The lowest BCUT2D eigenvalue weighted by Gasteiger charge is -2.18. The topological polar surface area (TPSA) is 76.4 Å². The van der Waals surface area contributed by atoms with Crippen molar-refractivity contribution in [1.82, 2.24) is 25.4 Å². The molecule has 0 aliphatic rings. The Balaban J connectivity index is 2.59. The Labute approximate surface area is 139 Å². The number of nitrogens with one attached hydrogen (secondary N) is 2. The molecule has 0 aromatic carbocycles. The Morgan fingerprint density at radius 3 is 2.74 bits per heavy atom. The number of unbranched alkanes of at least 4 members (excludes halogenated alkanes) is 2. The molecule has 0 amide bonds. The summed E-state index contributed by atoms with van der Waals surface area (Å²) in [7, 11) is 3.65. The number of ether oxygens (including phenoxy) is 1. The maximum absolute atomic E-state index is 5.09. The number of aromatic nitrogens is 3. The fourth-order valence-electron chi connectivity index (χ4n) is 2.17. The van der Waals surface area contributed by atoms with Gasteiger partial charge in [-0.1, -0.05) is 26.2 Å². The van der Waals surface area contributed by atoms with E-state index in [1.165, 1.54) is 19.3 Å². The van der Waals surface area contributed by atoms with Crippen LogP contribution in [0.15, 0.2) is 4.99 Å². The first-order chi connectivity index (χ1) is 11.1. The summed E-state index contributed by atoms with van der Waals surface area (Å²) < 4.78 is 7.05. The molecule has 7 heteroatoms. The number of aryl methyl sites for hydroxylation is 1. The van der Waals surface area contributed by atoms with E-state index in [0.717, 1.165) is 30.6 Å². The smallest absolute Gasteiger partial charge is 0.191 e. The van der Waals surface area contributed by atoms with Crippen LogP contribution in [0.2, 0.25) is 0 Å². The van der Waals surface area contributed by atoms with Crippen molar-refractivity contribution in [3.05, 3.63) is 11.6 Å². The number of rotatable bonds is 10. The molecule has 1 rings (SSSR count). The fraction of sp³-hybridized carbons (Fsp3) is 0.812. The average molecular weight is 324 g/mol. The average Bonchev–Trinajstić information content (AvgIpc) is 2.84. The van der Waals surface area contributed by atoms with Gasteiger partial charge < -0.3 is 19.9 Å². The molecule has 0 spiro atoms. The second-order valence-corrected chi connectivity index (χ2v) is 5.85. The molecular formula is C16H32N6O. The molecule has 2 N–H and O–H groups in total. The first-order valence-electron chi connectivity index (χ1n) is 8.47.